The van der Waals surface area contributed by atoms with Gasteiger partial charge in [-0.1, -0.05) is 50.2 Å². The second-order valence-electron chi connectivity index (χ2n) is 9.43. The molecule has 0 aliphatic carbocycles. The van der Waals surface area contributed by atoms with E-state index in [1.807, 2.05) is 41.1 Å². The lowest BCUT2D eigenvalue weighted by Crippen LogP contribution is -2.43. The molecule has 0 saturated carbocycles. The van der Waals surface area contributed by atoms with Crippen molar-refractivity contribution < 1.29 is 23.8 Å². The van der Waals surface area contributed by atoms with E-state index in [9.17, 15) is 9.59 Å². The molecule has 0 spiro atoms. The number of carbonyl (C=O) groups excluding carboxylic acids is 2. The Morgan fingerprint density at radius 1 is 0.974 bits per heavy atom. The van der Waals surface area contributed by atoms with E-state index < -0.39 is 0 Å². The summed E-state index contributed by atoms with van der Waals surface area (Å²) in [5, 5.41) is 10.9. The number of rotatable bonds is 14. The molecule has 1 aromatic heterocycles. The maximum atomic E-state index is 13.4. The van der Waals surface area contributed by atoms with Gasteiger partial charge in [-0.15, -0.1) is 0 Å². The molecule has 9 heteroatoms. The van der Waals surface area contributed by atoms with E-state index in [0.717, 1.165) is 17.7 Å². The van der Waals surface area contributed by atoms with Crippen molar-refractivity contribution in [3.05, 3.63) is 65.9 Å². The Balaban J connectivity index is 1.86. The quantitative estimate of drug-likeness (QED) is 0.311. The van der Waals surface area contributed by atoms with Gasteiger partial charge in [-0.3, -0.25) is 14.3 Å². The third-order valence-corrected chi connectivity index (χ3v) is 6.08. The van der Waals surface area contributed by atoms with Crippen LogP contribution in [0.4, 0.5) is 0 Å². The van der Waals surface area contributed by atoms with Gasteiger partial charge in [0, 0.05) is 19.1 Å². The van der Waals surface area contributed by atoms with Crippen LogP contribution in [0, 0.1) is 5.92 Å². The molecule has 0 aliphatic rings. The van der Waals surface area contributed by atoms with Gasteiger partial charge in [-0.2, -0.15) is 5.10 Å². The van der Waals surface area contributed by atoms with Crippen molar-refractivity contribution >= 4 is 11.9 Å². The molecule has 0 unspecified atom stereocenters. The molecule has 0 aliphatic heterocycles. The first kappa shape index (κ1) is 28.7. The Morgan fingerprint density at radius 2 is 1.66 bits per heavy atom. The second kappa shape index (κ2) is 14.2. The molecular formula is C29H38N4O5. The molecule has 1 heterocycles. The molecule has 38 heavy (non-hydrogen) atoms. The van der Waals surface area contributed by atoms with Crippen LogP contribution in [-0.4, -0.2) is 62.1 Å². The normalized spacial score (nSPS) is 11.7. The minimum atomic E-state index is -0.360. The zero-order valence-electron chi connectivity index (χ0n) is 22.8. The average Bonchev–Trinajstić information content (AvgIpc) is 3.34. The third kappa shape index (κ3) is 7.82. The number of amides is 1. The van der Waals surface area contributed by atoms with Crippen molar-refractivity contribution in [2.24, 2.45) is 5.92 Å². The van der Waals surface area contributed by atoms with Gasteiger partial charge in [0.15, 0.2) is 5.69 Å². The fourth-order valence-electron chi connectivity index (χ4n) is 4.21. The van der Waals surface area contributed by atoms with Crippen molar-refractivity contribution in [1.29, 1.82) is 0 Å². The van der Waals surface area contributed by atoms with Crippen molar-refractivity contribution in [3.63, 3.8) is 0 Å². The highest BCUT2D eigenvalue weighted by atomic mass is 16.5. The molecule has 9 nitrogen and oxygen atoms in total. The molecule has 1 amide bonds. The molecule has 1 atom stereocenters. The van der Waals surface area contributed by atoms with E-state index in [2.05, 4.69) is 41.7 Å². The van der Waals surface area contributed by atoms with Crippen molar-refractivity contribution in [1.82, 2.24) is 20.4 Å². The fourth-order valence-corrected chi connectivity index (χ4v) is 4.21. The molecule has 3 aromatic rings. The number of aromatic nitrogens is 2. The van der Waals surface area contributed by atoms with Crippen LogP contribution < -0.4 is 20.1 Å². The highest BCUT2D eigenvalue weighted by molar-refractivity contribution is 5.94. The average molecular weight is 523 g/mol. The number of nitrogens with one attached hydrogen (secondary N) is 2. The van der Waals surface area contributed by atoms with Crippen LogP contribution >= 0.6 is 0 Å². The largest absolute Gasteiger partial charge is 0.496 e. The number of hydrogen-bond acceptors (Lipinski definition) is 7. The van der Waals surface area contributed by atoms with Gasteiger partial charge in [-0.25, -0.2) is 0 Å². The Labute approximate surface area is 224 Å². The molecule has 0 radical (unpaired) electrons. The summed E-state index contributed by atoms with van der Waals surface area (Å²) in [5.41, 5.74) is 2.95. The lowest BCUT2D eigenvalue weighted by Gasteiger charge is -2.19. The number of aryl methyl sites for hydroxylation is 1. The van der Waals surface area contributed by atoms with Crippen LogP contribution in [0.2, 0.25) is 0 Å². The molecular weight excluding hydrogens is 484 g/mol. The summed E-state index contributed by atoms with van der Waals surface area (Å²) in [6, 6.07) is 17.2. The summed E-state index contributed by atoms with van der Waals surface area (Å²) in [7, 11) is 4.56. The van der Waals surface area contributed by atoms with E-state index in [0.29, 0.717) is 42.6 Å². The second-order valence-corrected chi connectivity index (χ2v) is 9.43. The molecule has 2 N–H and O–H groups in total. The van der Waals surface area contributed by atoms with E-state index in [4.69, 9.17) is 14.2 Å². The molecule has 0 fully saturated rings. The highest BCUT2D eigenvalue weighted by Gasteiger charge is 2.23. The van der Waals surface area contributed by atoms with Crippen LogP contribution in [0.15, 0.2) is 54.6 Å². The van der Waals surface area contributed by atoms with E-state index in [1.54, 1.807) is 20.3 Å². The summed E-state index contributed by atoms with van der Waals surface area (Å²) < 4.78 is 17.8. The zero-order valence-corrected chi connectivity index (χ0v) is 22.8. The Bertz CT molecular complexity index is 1170. The van der Waals surface area contributed by atoms with E-state index in [1.165, 1.54) is 12.7 Å². The van der Waals surface area contributed by atoms with Crippen LogP contribution in [0.25, 0.3) is 11.3 Å². The minimum absolute atomic E-state index is 0.0645. The Kier molecular flexibility index (Phi) is 10.7. The van der Waals surface area contributed by atoms with Crippen LogP contribution in [0.1, 0.15) is 36.3 Å². The smallest absolute Gasteiger partial charge is 0.319 e. The van der Waals surface area contributed by atoms with Crippen LogP contribution in [0.3, 0.4) is 0 Å². The summed E-state index contributed by atoms with van der Waals surface area (Å²) in [6.45, 7) is 5.28. The topological polar surface area (TPSA) is 104 Å². The fraction of sp³-hybridized carbons (Fsp3) is 0.414. The van der Waals surface area contributed by atoms with Crippen LogP contribution in [-0.2, 0) is 22.5 Å². The summed E-state index contributed by atoms with van der Waals surface area (Å²) in [6.07, 6.45) is 1.46. The molecule has 3 rings (SSSR count). The molecule has 0 bridgehead atoms. The number of ether oxygens (including phenoxy) is 3. The lowest BCUT2D eigenvalue weighted by atomic mass is 10.0. The molecule has 0 saturated heterocycles. The SMILES string of the molecule is COC(=O)CNC[C@H](CCc1ccccc1)NC(=O)c1cc(-c2c(OC)cccc2OC)n(CC(C)C)n1. The predicted molar refractivity (Wildman–Crippen MR) is 147 cm³/mol. The minimum Gasteiger partial charge on any atom is -0.496 e. The first-order valence-corrected chi connectivity index (χ1v) is 12.8. The Hall–Kier alpha value is -3.85. The molecule has 2 aromatic carbocycles. The first-order valence-electron chi connectivity index (χ1n) is 12.8. The van der Waals surface area contributed by atoms with Gasteiger partial charge in [0.2, 0.25) is 0 Å². The van der Waals surface area contributed by atoms with Gasteiger partial charge < -0.3 is 24.8 Å². The monoisotopic (exact) mass is 522 g/mol. The third-order valence-electron chi connectivity index (χ3n) is 6.08. The summed E-state index contributed by atoms with van der Waals surface area (Å²) in [5.74, 6) is 0.913. The van der Waals surface area contributed by atoms with Crippen molar-refractivity contribution in [2.45, 2.75) is 39.3 Å². The maximum Gasteiger partial charge on any atom is 0.319 e. The first-order chi connectivity index (χ1) is 18.4. The summed E-state index contributed by atoms with van der Waals surface area (Å²) >= 11 is 0. The number of methoxy groups -OCH3 is 3. The Morgan fingerprint density at radius 3 is 2.26 bits per heavy atom. The predicted octanol–water partition coefficient (Wildman–Crippen LogP) is 3.72. The number of hydrogen-bond donors (Lipinski definition) is 2. The zero-order chi connectivity index (χ0) is 27.5. The standard InChI is InChI=1S/C29H38N4O5/c1-20(2)19-33-24(28-25(36-3)12-9-13-26(28)37-4)16-23(32-33)29(35)31-22(17-30-18-27(34)38-5)15-14-21-10-7-6-8-11-21/h6-13,16,20,22,30H,14-15,17-19H2,1-5H3,(H,31,35)/t22-/m0/s1. The van der Waals surface area contributed by atoms with Gasteiger partial charge in [0.1, 0.15) is 11.5 Å². The van der Waals surface area contributed by atoms with Gasteiger partial charge in [-0.05, 0) is 42.5 Å². The van der Waals surface area contributed by atoms with Crippen LogP contribution in [0.5, 0.6) is 11.5 Å². The van der Waals surface area contributed by atoms with Crippen molar-refractivity contribution in [2.75, 3.05) is 34.4 Å². The van der Waals surface area contributed by atoms with Gasteiger partial charge >= 0.3 is 5.97 Å². The van der Waals surface area contributed by atoms with E-state index in [-0.39, 0.29) is 24.5 Å². The maximum absolute atomic E-state index is 13.4. The number of esters is 1. The number of benzene rings is 2. The van der Waals surface area contributed by atoms with Gasteiger partial charge in [0.05, 0.1) is 39.1 Å². The highest BCUT2D eigenvalue weighted by Crippen LogP contribution is 2.38. The number of nitrogens with zero attached hydrogens (tertiary/aromatic N) is 2. The van der Waals surface area contributed by atoms with Gasteiger partial charge in [0.25, 0.3) is 5.91 Å². The summed E-state index contributed by atoms with van der Waals surface area (Å²) in [4.78, 5) is 25.0. The van der Waals surface area contributed by atoms with Crippen molar-refractivity contribution in [3.8, 4) is 22.8 Å². The van der Waals surface area contributed by atoms with E-state index >= 15 is 0 Å². The number of carbonyl (C=O) groups is 2. The lowest BCUT2D eigenvalue weighted by molar-refractivity contribution is -0.139. The molecule has 204 valence electrons.